The molecule has 2 unspecified atom stereocenters. The second-order valence-corrected chi connectivity index (χ2v) is 6.55. The zero-order valence-electron chi connectivity index (χ0n) is 12.7. The van der Waals surface area contributed by atoms with E-state index in [2.05, 4.69) is 36.4 Å². The SMILES string of the molecule is CCOC(C)Oc1ccc2ccccc2c1C1CCSC1. The highest BCUT2D eigenvalue weighted by Crippen LogP contribution is 2.41. The number of hydrogen-bond donors (Lipinski definition) is 0. The van der Waals surface area contributed by atoms with E-state index < -0.39 is 0 Å². The van der Waals surface area contributed by atoms with Crippen LogP contribution in [-0.4, -0.2) is 24.4 Å². The first kappa shape index (κ1) is 14.7. The monoisotopic (exact) mass is 302 g/mol. The van der Waals surface area contributed by atoms with Gasteiger partial charge in [-0.05, 0) is 48.8 Å². The van der Waals surface area contributed by atoms with E-state index in [1.54, 1.807) is 0 Å². The summed E-state index contributed by atoms with van der Waals surface area (Å²) in [5.74, 6) is 4.01. The van der Waals surface area contributed by atoms with Crippen molar-refractivity contribution in [2.45, 2.75) is 32.5 Å². The number of rotatable bonds is 5. The van der Waals surface area contributed by atoms with Gasteiger partial charge < -0.3 is 9.47 Å². The fourth-order valence-electron chi connectivity index (χ4n) is 3.01. The molecule has 2 aromatic carbocycles. The van der Waals surface area contributed by atoms with Crippen LogP contribution < -0.4 is 4.74 Å². The predicted molar refractivity (Wildman–Crippen MR) is 90.3 cm³/mol. The van der Waals surface area contributed by atoms with Gasteiger partial charge in [0.2, 0.25) is 0 Å². The molecule has 0 aliphatic carbocycles. The molecule has 2 aromatic rings. The number of ether oxygens (including phenoxy) is 2. The Labute approximate surface area is 130 Å². The van der Waals surface area contributed by atoms with Crippen LogP contribution in [0.25, 0.3) is 10.8 Å². The standard InChI is InChI=1S/C18H22O2S/c1-3-19-13(2)20-17-9-8-14-6-4-5-7-16(14)18(17)15-10-11-21-12-15/h4-9,13,15H,3,10-12H2,1-2H3. The van der Waals surface area contributed by atoms with Crippen LogP contribution in [-0.2, 0) is 4.74 Å². The highest BCUT2D eigenvalue weighted by Gasteiger charge is 2.24. The van der Waals surface area contributed by atoms with E-state index in [-0.39, 0.29) is 6.29 Å². The zero-order chi connectivity index (χ0) is 14.7. The second kappa shape index (κ2) is 6.71. The van der Waals surface area contributed by atoms with Crippen molar-refractivity contribution in [1.82, 2.24) is 0 Å². The summed E-state index contributed by atoms with van der Waals surface area (Å²) in [6.45, 7) is 4.63. The molecule has 1 fully saturated rings. The summed E-state index contributed by atoms with van der Waals surface area (Å²) in [4.78, 5) is 0. The van der Waals surface area contributed by atoms with Gasteiger partial charge in [-0.1, -0.05) is 30.3 Å². The average molecular weight is 302 g/mol. The van der Waals surface area contributed by atoms with Gasteiger partial charge in [-0.3, -0.25) is 0 Å². The third kappa shape index (κ3) is 3.19. The third-order valence-electron chi connectivity index (χ3n) is 3.96. The quantitative estimate of drug-likeness (QED) is 0.738. The van der Waals surface area contributed by atoms with E-state index >= 15 is 0 Å². The predicted octanol–water partition coefficient (Wildman–Crippen LogP) is 4.82. The highest BCUT2D eigenvalue weighted by molar-refractivity contribution is 7.99. The van der Waals surface area contributed by atoms with Gasteiger partial charge >= 0.3 is 0 Å². The fraction of sp³-hybridized carbons (Fsp3) is 0.444. The molecule has 1 aliphatic rings. The Morgan fingerprint density at radius 1 is 1.24 bits per heavy atom. The molecule has 1 aliphatic heterocycles. The summed E-state index contributed by atoms with van der Waals surface area (Å²) in [6.07, 6.45) is 1.03. The molecular weight excluding hydrogens is 280 g/mol. The lowest BCUT2D eigenvalue weighted by Crippen LogP contribution is -2.17. The first-order valence-corrected chi connectivity index (χ1v) is 8.82. The van der Waals surface area contributed by atoms with Crippen LogP contribution in [0.3, 0.4) is 0 Å². The lowest BCUT2D eigenvalue weighted by atomic mass is 9.92. The van der Waals surface area contributed by atoms with Crippen molar-refractivity contribution in [1.29, 1.82) is 0 Å². The van der Waals surface area contributed by atoms with Crippen LogP contribution in [0, 0.1) is 0 Å². The largest absolute Gasteiger partial charge is 0.465 e. The maximum Gasteiger partial charge on any atom is 0.196 e. The van der Waals surface area contributed by atoms with Gasteiger partial charge in [-0.2, -0.15) is 11.8 Å². The molecule has 0 N–H and O–H groups in total. The van der Waals surface area contributed by atoms with Crippen molar-refractivity contribution in [3.05, 3.63) is 42.0 Å². The van der Waals surface area contributed by atoms with Gasteiger partial charge in [0.25, 0.3) is 0 Å². The highest BCUT2D eigenvalue weighted by atomic mass is 32.2. The Hall–Kier alpha value is -1.19. The van der Waals surface area contributed by atoms with Crippen LogP contribution in [0.1, 0.15) is 31.7 Å². The van der Waals surface area contributed by atoms with E-state index in [4.69, 9.17) is 9.47 Å². The summed E-state index contributed by atoms with van der Waals surface area (Å²) in [5, 5.41) is 2.62. The molecule has 0 spiro atoms. The normalized spacial score (nSPS) is 19.8. The first-order valence-electron chi connectivity index (χ1n) is 7.67. The number of fused-ring (bicyclic) bond motifs is 1. The van der Waals surface area contributed by atoms with E-state index in [0.29, 0.717) is 12.5 Å². The maximum absolute atomic E-state index is 6.07. The van der Waals surface area contributed by atoms with Gasteiger partial charge in [0, 0.05) is 17.9 Å². The van der Waals surface area contributed by atoms with Gasteiger partial charge in [0.15, 0.2) is 6.29 Å². The van der Waals surface area contributed by atoms with Crippen LogP contribution in [0.4, 0.5) is 0 Å². The molecule has 0 amide bonds. The Bertz CT molecular complexity index is 605. The fourth-order valence-corrected chi connectivity index (χ4v) is 4.24. The zero-order valence-corrected chi connectivity index (χ0v) is 13.5. The first-order chi connectivity index (χ1) is 10.3. The van der Waals surface area contributed by atoms with E-state index in [9.17, 15) is 0 Å². The van der Waals surface area contributed by atoms with Crippen LogP contribution in [0.15, 0.2) is 36.4 Å². The van der Waals surface area contributed by atoms with Crippen molar-refractivity contribution in [3.63, 3.8) is 0 Å². The van der Waals surface area contributed by atoms with E-state index in [1.807, 2.05) is 25.6 Å². The molecule has 1 saturated heterocycles. The van der Waals surface area contributed by atoms with Crippen molar-refractivity contribution >= 4 is 22.5 Å². The van der Waals surface area contributed by atoms with Crippen molar-refractivity contribution < 1.29 is 9.47 Å². The van der Waals surface area contributed by atoms with Crippen molar-refractivity contribution in [2.24, 2.45) is 0 Å². The number of hydrogen-bond acceptors (Lipinski definition) is 3. The summed E-state index contributed by atoms with van der Waals surface area (Å²) in [7, 11) is 0. The molecule has 0 aromatic heterocycles. The molecule has 1 heterocycles. The molecule has 3 rings (SSSR count). The summed E-state index contributed by atoms with van der Waals surface area (Å²) >= 11 is 2.04. The molecule has 2 atom stereocenters. The minimum absolute atomic E-state index is 0.205. The molecular formula is C18H22O2S. The molecule has 0 bridgehead atoms. The summed E-state index contributed by atoms with van der Waals surface area (Å²) < 4.78 is 11.6. The molecule has 2 nitrogen and oxygen atoms in total. The Kier molecular flexibility index (Phi) is 4.71. The smallest absolute Gasteiger partial charge is 0.196 e. The molecule has 112 valence electrons. The van der Waals surface area contributed by atoms with Gasteiger partial charge in [-0.15, -0.1) is 0 Å². The maximum atomic E-state index is 6.07. The lowest BCUT2D eigenvalue weighted by Gasteiger charge is -2.21. The third-order valence-corrected chi connectivity index (χ3v) is 5.13. The van der Waals surface area contributed by atoms with Gasteiger partial charge in [0.1, 0.15) is 5.75 Å². The molecule has 3 heteroatoms. The Balaban J connectivity index is 2.03. The van der Waals surface area contributed by atoms with E-state index in [1.165, 1.54) is 34.3 Å². The minimum Gasteiger partial charge on any atom is -0.465 e. The minimum atomic E-state index is -0.205. The second-order valence-electron chi connectivity index (χ2n) is 5.40. The van der Waals surface area contributed by atoms with Gasteiger partial charge in [-0.25, -0.2) is 0 Å². The van der Waals surface area contributed by atoms with Crippen LogP contribution >= 0.6 is 11.8 Å². The Morgan fingerprint density at radius 2 is 2.10 bits per heavy atom. The number of benzene rings is 2. The Morgan fingerprint density at radius 3 is 2.86 bits per heavy atom. The van der Waals surface area contributed by atoms with Crippen molar-refractivity contribution in [2.75, 3.05) is 18.1 Å². The van der Waals surface area contributed by atoms with E-state index in [0.717, 1.165) is 5.75 Å². The molecule has 0 radical (unpaired) electrons. The van der Waals surface area contributed by atoms with Crippen LogP contribution in [0.5, 0.6) is 5.75 Å². The lowest BCUT2D eigenvalue weighted by molar-refractivity contribution is -0.0618. The summed E-state index contributed by atoms with van der Waals surface area (Å²) in [6, 6.07) is 12.9. The summed E-state index contributed by atoms with van der Waals surface area (Å²) in [5.41, 5.74) is 1.37. The molecule has 0 saturated carbocycles. The average Bonchev–Trinajstić information content (AvgIpc) is 3.01. The number of thioether (sulfide) groups is 1. The van der Waals surface area contributed by atoms with Gasteiger partial charge in [0.05, 0.1) is 0 Å². The van der Waals surface area contributed by atoms with Crippen molar-refractivity contribution in [3.8, 4) is 5.75 Å². The van der Waals surface area contributed by atoms with Crippen LogP contribution in [0.2, 0.25) is 0 Å². The topological polar surface area (TPSA) is 18.5 Å². The molecule has 21 heavy (non-hydrogen) atoms.